The van der Waals surface area contributed by atoms with Crippen LogP contribution >= 0.6 is 11.6 Å². The van der Waals surface area contributed by atoms with Crippen molar-refractivity contribution in [3.05, 3.63) is 83.4 Å². The van der Waals surface area contributed by atoms with E-state index < -0.39 is 0 Å². The number of aryl methyl sites for hydroxylation is 1. The smallest absolute Gasteiger partial charge is 0.0406 e. The fourth-order valence-electron chi connectivity index (χ4n) is 2.47. The third-order valence-electron chi connectivity index (χ3n) is 3.52. The quantitative estimate of drug-likeness (QED) is 0.541. The molecule has 3 rings (SSSR count). The van der Waals surface area contributed by atoms with Crippen molar-refractivity contribution in [2.24, 2.45) is 0 Å². The lowest BCUT2D eigenvalue weighted by Crippen LogP contribution is -1.87. The second-order valence-corrected chi connectivity index (χ2v) is 5.30. The summed E-state index contributed by atoms with van der Waals surface area (Å²) in [6, 6.07) is 25.0. The Labute approximate surface area is 124 Å². The topological polar surface area (TPSA) is 0 Å². The van der Waals surface area contributed by atoms with E-state index in [1.807, 2.05) is 12.1 Å². The lowest BCUT2D eigenvalue weighted by Gasteiger charge is -2.12. The average molecular weight is 279 g/mol. The molecule has 3 aromatic rings. The van der Waals surface area contributed by atoms with Gasteiger partial charge in [-0.15, -0.1) is 0 Å². The standard InChI is InChI=1S/C19H15Cl/c1-14-6-2-3-7-17(14)19-9-5-4-8-18(19)15-10-12-16(20)13-11-15/h2-13H,1H3. The first kappa shape index (κ1) is 13.0. The summed E-state index contributed by atoms with van der Waals surface area (Å²) in [5, 5.41) is 0.766. The summed E-state index contributed by atoms with van der Waals surface area (Å²) in [6.07, 6.45) is 0. The summed E-state index contributed by atoms with van der Waals surface area (Å²) in [6.45, 7) is 2.15. The zero-order valence-electron chi connectivity index (χ0n) is 11.3. The lowest BCUT2D eigenvalue weighted by atomic mass is 9.92. The first-order valence-corrected chi connectivity index (χ1v) is 7.04. The van der Waals surface area contributed by atoms with Crippen molar-refractivity contribution in [1.82, 2.24) is 0 Å². The van der Waals surface area contributed by atoms with Crippen LogP contribution < -0.4 is 0 Å². The van der Waals surface area contributed by atoms with Crippen LogP contribution in [0, 0.1) is 6.92 Å². The third-order valence-corrected chi connectivity index (χ3v) is 3.77. The first-order chi connectivity index (χ1) is 9.75. The fourth-order valence-corrected chi connectivity index (χ4v) is 2.60. The van der Waals surface area contributed by atoms with E-state index in [2.05, 4.69) is 67.6 Å². The Bertz CT molecular complexity index is 727. The maximum absolute atomic E-state index is 5.98. The van der Waals surface area contributed by atoms with Crippen molar-refractivity contribution in [3.63, 3.8) is 0 Å². The van der Waals surface area contributed by atoms with Crippen molar-refractivity contribution in [2.75, 3.05) is 0 Å². The highest BCUT2D eigenvalue weighted by atomic mass is 35.5. The summed E-state index contributed by atoms with van der Waals surface area (Å²) in [7, 11) is 0. The van der Waals surface area contributed by atoms with Crippen molar-refractivity contribution >= 4 is 11.6 Å². The van der Waals surface area contributed by atoms with Gasteiger partial charge in [0.2, 0.25) is 0 Å². The SMILES string of the molecule is Cc1ccccc1-c1ccccc1-c1ccc(Cl)cc1. The zero-order valence-corrected chi connectivity index (χ0v) is 12.1. The summed E-state index contributed by atoms with van der Waals surface area (Å²) in [5.74, 6) is 0. The number of hydrogen-bond acceptors (Lipinski definition) is 0. The predicted octanol–water partition coefficient (Wildman–Crippen LogP) is 5.98. The van der Waals surface area contributed by atoms with Gasteiger partial charge in [0.1, 0.15) is 0 Å². The van der Waals surface area contributed by atoms with E-state index in [4.69, 9.17) is 11.6 Å². The number of rotatable bonds is 2. The van der Waals surface area contributed by atoms with Gasteiger partial charge < -0.3 is 0 Å². The number of benzene rings is 3. The van der Waals surface area contributed by atoms with E-state index in [-0.39, 0.29) is 0 Å². The summed E-state index contributed by atoms with van der Waals surface area (Å²) in [4.78, 5) is 0. The molecule has 0 nitrogen and oxygen atoms in total. The van der Waals surface area contributed by atoms with E-state index in [1.54, 1.807) is 0 Å². The molecule has 0 fully saturated rings. The van der Waals surface area contributed by atoms with Gasteiger partial charge in [-0.2, -0.15) is 0 Å². The third kappa shape index (κ3) is 2.48. The van der Waals surface area contributed by atoms with Gasteiger partial charge >= 0.3 is 0 Å². The molecular weight excluding hydrogens is 264 g/mol. The Morgan fingerprint density at radius 2 is 1.15 bits per heavy atom. The van der Waals surface area contributed by atoms with Crippen LogP contribution in [0.25, 0.3) is 22.3 Å². The Hall–Kier alpha value is -2.05. The van der Waals surface area contributed by atoms with E-state index in [9.17, 15) is 0 Å². The molecule has 0 atom stereocenters. The predicted molar refractivity (Wildman–Crippen MR) is 87.1 cm³/mol. The van der Waals surface area contributed by atoms with Gasteiger partial charge in [0.25, 0.3) is 0 Å². The van der Waals surface area contributed by atoms with Crippen LogP contribution in [0.2, 0.25) is 5.02 Å². The average Bonchev–Trinajstić information content (AvgIpc) is 2.49. The molecule has 0 saturated carbocycles. The minimum Gasteiger partial charge on any atom is -0.0843 e. The van der Waals surface area contributed by atoms with Crippen LogP contribution in [-0.4, -0.2) is 0 Å². The van der Waals surface area contributed by atoms with E-state index in [1.165, 1.54) is 27.8 Å². The largest absolute Gasteiger partial charge is 0.0843 e. The van der Waals surface area contributed by atoms with Gasteiger partial charge in [0.15, 0.2) is 0 Å². The maximum atomic E-state index is 5.98. The van der Waals surface area contributed by atoms with Crippen LogP contribution in [0.3, 0.4) is 0 Å². The number of halogens is 1. The van der Waals surface area contributed by atoms with Crippen LogP contribution in [0.5, 0.6) is 0 Å². The Balaban J connectivity index is 2.19. The summed E-state index contributed by atoms with van der Waals surface area (Å²) >= 11 is 5.98. The molecule has 20 heavy (non-hydrogen) atoms. The van der Waals surface area contributed by atoms with Crippen molar-refractivity contribution in [1.29, 1.82) is 0 Å². The Morgan fingerprint density at radius 3 is 1.80 bits per heavy atom. The van der Waals surface area contributed by atoms with E-state index in [0.717, 1.165) is 5.02 Å². The van der Waals surface area contributed by atoms with Crippen LogP contribution in [0.15, 0.2) is 72.8 Å². The molecule has 0 bridgehead atoms. The van der Waals surface area contributed by atoms with Gasteiger partial charge in [0.05, 0.1) is 0 Å². The molecule has 0 aliphatic carbocycles. The lowest BCUT2D eigenvalue weighted by molar-refractivity contribution is 1.46. The number of hydrogen-bond donors (Lipinski definition) is 0. The van der Waals surface area contributed by atoms with Crippen molar-refractivity contribution < 1.29 is 0 Å². The molecule has 0 heterocycles. The molecular formula is C19H15Cl. The van der Waals surface area contributed by atoms with Crippen molar-refractivity contribution in [2.45, 2.75) is 6.92 Å². The molecule has 98 valence electrons. The molecule has 0 unspecified atom stereocenters. The molecule has 3 aromatic carbocycles. The van der Waals surface area contributed by atoms with Gasteiger partial charge in [-0.3, -0.25) is 0 Å². The van der Waals surface area contributed by atoms with Gasteiger partial charge in [-0.05, 0) is 46.9 Å². The van der Waals surface area contributed by atoms with Crippen molar-refractivity contribution in [3.8, 4) is 22.3 Å². The van der Waals surface area contributed by atoms with E-state index >= 15 is 0 Å². The fraction of sp³-hybridized carbons (Fsp3) is 0.0526. The normalized spacial score (nSPS) is 10.5. The molecule has 0 spiro atoms. The summed E-state index contributed by atoms with van der Waals surface area (Å²) in [5.41, 5.74) is 6.24. The Morgan fingerprint density at radius 1 is 0.600 bits per heavy atom. The highest BCUT2D eigenvalue weighted by Gasteiger charge is 2.08. The molecule has 0 aromatic heterocycles. The molecule has 1 heteroatoms. The van der Waals surface area contributed by atoms with Crippen LogP contribution in [0.1, 0.15) is 5.56 Å². The molecule has 0 aliphatic heterocycles. The van der Waals surface area contributed by atoms with Crippen LogP contribution in [-0.2, 0) is 0 Å². The summed E-state index contributed by atoms with van der Waals surface area (Å²) < 4.78 is 0. The molecule has 0 N–H and O–H groups in total. The van der Waals surface area contributed by atoms with Gasteiger partial charge in [-0.25, -0.2) is 0 Å². The highest BCUT2D eigenvalue weighted by Crippen LogP contribution is 2.33. The molecule has 0 saturated heterocycles. The maximum Gasteiger partial charge on any atom is 0.0406 e. The second-order valence-electron chi connectivity index (χ2n) is 4.87. The zero-order chi connectivity index (χ0) is 13.9. The Kier molecular flexibility index (Phi) is 3.58. The molecule has 0 aliphatic rings. The monoisotopic (exact) mass is 278 g/mol. The first-order valence-electron chi connectivity index (χ1n) is 6.67. The van der Waals surface area contributed by atoms with E-state index in [0.29, 0.717) is 0 Å². The second kappa shape index (κ2) is 5.52. The minimum absolute atomic E-state index is 0.766. The molecule has 0 amide bonds. The van der Waals surface area contributed by atoms with Gasteiger partial charge in [-0.1, -0.05) is 72.3 Å². The van der Waals surface area contributed by atoms with Crippen LogP contribution in [0.4, 0.5) is 0 Å². The van der Waals surface area contributed by atoms with Gasteiger partial charge in [0, 0.05) is 5.02 Å². The minimum atomic E-state index is 0.766. The highest BCUT2D eigenvalue weighted by molar-refractivity contribution is 6.30. The molecule has 0 radical (unpaired) electrons.